The van der Waals surface area contributed by atoms with E-state index in [2.05, 4.69) is 0 Å². The number of fused-ring (bicyclic) bond motifs is 1. The van der Waals surface area contributed by atoms with Gasteiger partial charge in [-0.15, -0.1) is 0 Å². The van der Waals surface area contributed by atoms with Gasteiger partial charge in [-0.25, -0.2) is 0 Å². The minimum atomic E-state index is -2.66. The molecule has 3 rings (SSSR count). The molecule has 3 aliphatic rings. The summed E-state index contributed by atoms with van der Waals surface area (Å²) in [6, 6.07) is 0. The molecule has 3 fully saturated rings. The van der Waals surface area contributed by atoms with Crippen LogP contribution in [0.3, 0.4) is 0 Å². The van der Waals surface area contributed by atoms with Gasteiger partial charge in [0.15, 0.2) is 0 Å². The quantitative estimate of drug-likeness (QED) is 0.790. The van der Waals surface area contributed by atoms with Crippen molar-refractivity contribution < 1.29 is 27.7 Å². The van der Waals surface area contributed by atoms with Crippen LogP contribution < -0.4 is 0 Å². The number of alkyl halides is 2. The molecule has 2 aliphatic heterocycles. The third kappa shape index (κ3) is 2.61. The van der Waals surface area contributed by atoms with Gasteiger partial charge in [-0.2, -0.15) is 0 Å². The predicted octanol–water partition coefficient (Wildman–Crippen LogP) is 1.46. The Labute approximate surface area is 135 Å². The average Bonchev–Trinajstić information content (AvgIpc) is 3.15. The van der Waals surface area contributed by atoms with Crippen LogP contribution >= 0.6 is 0 Å². The van der Waals surface area contributed by atoms with E-state index in [9.17, 15) is 8.78 Å². The molecule has 0 bridgehead atoms. The number of methoxy groups -OCH3 is 2. The van der Waals surface area contributed by atoms with E-state index < -0.39 is 41.5 Å². The Morgan fingerprint density at radius 1 is 1.13 bits per heavy atom. The topological polar surface area (TPSA) is 64.0 Å². The van der Waals surface area contributed by atoms with Crippen LogP contribution in [0.5, 0.6) is 0 Å². The van der Waals surface area contributed by atoms with Crippen molar-refractivity contribution in [1.82, 2.24) is 4.81 Å². The zero-order chi connectivity index (χ0) is 17.0. The van der Waals surface area contributed by atoms with Gasteiger partial charge in [-0.05, 0) is 0 Å². The van der Waals surface area contributed by atoms with Crippen LogP contribution in [0.2, 0.25) is 0 Å². The van der Waals surface area contributed by atoms with Gasteiger partial charge in [-0.1, -0.05) is 0 Å². The van der Waals surface area contributed by atoms with Gasteiger partial charge in [-0.3, -0.25) is 0 Å². The molecule has 1 N–H and O–H groups in total. The number of hydrogen-bond acceptors (Lipinski definition) is 5. The second-order valence-corrected chi connectivity index (χ2v) is 6.86. The Hall–Kier alpha value is -0.635. The number of nitrogens with zero attached hydrogens (tertiary/aromatic N) is 1. The fourth-order valence-electron chi connectivity index (χ4n) is 3.72. The molecule has 0 amide bonds. The first-order chi connectivity index (χ1) is 10.7. The Morgan fingerprint density at radius 3 is 2.17 bits per heavy atom. The molecule has 1 saturated carbocycles. The molecule has 0 aromatic rings. The van der Waals surface area contributed by atoms with Crippen molar-refractivity contribution >= 4 is 7.21 Å². The summed E-state index contributed by atoms with van der Waals surface area (Å²) < 4.78 is 50.4. The summed E-state index contributed by atoms with van der Waals surface area (Å²) in [5.74, 6) is -6.17. The van der Waals surface area contributed by atoms with Gasteiger partial charge in [0, 0.05) is 0 Å². The Kier molecular flexibility index (Phi) is 4.07. The number of piperidine rings is 1. The third-order valence-corrected chi connectivity index (χ3v) is 5.56. The third-order valence-electron chi connectivity index (χ3n) is 5.56. The van der Waals surface area contributed by atoms with Crippen molar-refractivity contribution in [3.05, 3.63) is 0 Å². The standard InChI is InChI=1S/C14H23BF2N2O4/c1-12(20-3)13(2,21-4)23-11-8(9-5-14(9,16)17)6-19(15-18)7-10(11)22-12/h8-11,18H,5-7H2,1-4H3/t8-,9?,10-,11-,12+,13+/m1/s1. The van der Waals surface area contributed by atoms with E-state index in [1.54, 1.807) is 18.7 Å². The van der Waals surface area contributed by atoms with Crippen molar-refractivity contribution in [3.63, 3.8) is 0 Å². The van der Waals surface area contributed by atoms with E-state index in [1.807, 2.05) is 0 Å². The first-order valence-corrected chi connectivity index (χ1v) is 7.78. The van der Waals surface area contributed by atoms with Crippen molar-refractivity contribution in [2.45, 2.75) is 50.0 Å². The number of rotatable bonds is 4. The maximum absolute atomic E-state index is 13.6. The van der Waals surface area contributed by atoms with Crippen LogP contribution in [0.25, 0.3) is 0 Å². The molecule has 6 nitrogen and oxygen atoms in total. The molecule has 0 aromatic heterocycles. The van der Waals surface area contributed by atoms with Gasteiger partial charge in [0.1, 0.15) is 0 Å². The molecule has 0 spiro atoms. The fourth-order valence-corrected chi connectivity index (χ4v) is 3.72. The second kappa shape index (κ2) is 5.44. The second-order valence-electron chi connectivity index (χ2n) is 6.86. The van der Waals surface area contributed by atoms with Gasteiger partial charge >= 0.3 is 134 Å². The summed E-state index contributed by atoms with van der Waals surface area (Å²) in [6.45, 7) is 4.16. The number of ether oxygens (including phenoxy) is 4. The first kappa shape index (κ1) is 17.2. The molecule has 2 heterocycles. The van der Waals surface area contributed by atoms with E-state index in [1.165, 1.54) is 21.4 Å². The number of hydrogen-bond donors (Lipinski definition) is 1. The average molecular weight is 332 g/mol. The molecule has 0 aromatic carbocycles. The molecule has 1 aliphatic carbocycles. The van der Waals surface area contributed by atoms with E-state index in [4.69, 9.17) is 24.3 Å². The zero-order valence-electron chi connectivity index (χ0n) is 13.8. The normalized spacial score (nSPS) is 48.5. The summed E-state index contributed by atoms with van der Waals surface area (Å²) >= 11 is 0. The van der Waals surface area contributed by atoms with Crippen LogP contribution in [0.1, 0.15) is 20.3 Å². The molecule has 9 heteroatoms. The summed E-state index contributed by atoms with van der Waals surface area (Å²) in [4.78, 5) is 1.69. The van der Waals surface area contributed by atoms with Crippen LogP contribution in [0.15, 0.2) is 0 Å². The summed E-state index contributed by atoms with van der Waals surface area (Å²) in [6.07, 6.45) is -1.11. The summed E-state index contributed by atoms with van der Waals surface area (Å²) in [5, 5.41) is 7.47. The van der Waals surface area contributed by atoms with Crippen molar-refractivity contribution in [3.8, 4) is 0 Å². The molecule has 0 radical (unpaired) electrons. The number of nitrogens with one attached hydrogen (secondary N) is 1. The van der Waals surface area contributed by atoms with Gasteiger partial charge < -0.3 is 0 Å². The molecule has 1 unspecified atom stereocenters. The molecule has 130 valence electrons. The number of halogens is 2. The molecule has 23 heavy (non-hydrogen) atoms. The van der Waals surface area contributed by atoms with E-state index >= 15 is 0 Å². The van der Waals surface area contributed by atoms with Crippen molar-refractivity contribution in [1.29, 1.82) is 5.31 Å². The Balaban J connectivity index is 1.89. The van der Waals surface area contributed by atoms with Crippen LogP contribution in [0, 0.1) is 17.1 Å². The van der Waals surface area contributed by atoms with E-state index in [-0.39, 0.29) is 6.42 Å². The van der Waals surface area contributed by atoms with Gasteiger partial charge in [0.05, 0.1) is 0 Å². The molecular weight excluding hydrogens is 309 g/mol. The van der Waals surface area contributed by atoms with Crippen LogP contribution in [0.4, 0.5) is 8.78 Å². The first-order valence-electron chi connectivity index (χ1n) is 7.78. The predicted molar refractivity (Wildman–Crippen MR) is 77.2 cm³/mol. The van der Waals surface area contributed by atoms with Crippen LogP contribution in [-0.2, 0) is 18.9 Å². The monoisotopic (exact) mass is 332 g/mol. The Bertz CT molecular complexity index is 499. The van der Waals surface area contributed by atoms with Crippen molar-refractivity contribution in [2.24, 2.45) is 11.8 Å². The molecule has 6 atom stereocenters. The van der Waals surface area contributed by atoms with E-state index in [0.717, 1.165) is 0 Å². The SMILES string of the molecule is CO[C@@]1(C)O[C@@H]2[C@@H](C3CC3(F)F)CN(B=N)C[C@H]2O[C@]1(C)OC. The summed E-state index contributed by atoms with van der Waals surface area (Å²) in [5.41, 5.74) is 0. The van der Waals surface area contributed by atoms with Crippen molar-refractivity contribution in [2.75, 3.05) is 27.3 Å². The molecule has 2 saturated heterocycles. The zero-order valence-corrected chi connectivity index (χ0v) is 13.8. The van der Waals surface area contributed by atoms with Gasteiger partial charge in [0.25, 0.3) is 0 Å². The molecular formula is C14H23BF2N2O4. The van der Waals surface area contributed by atoms with E-state index in [0.29, 0.717) is 13.1 Å². The fraction of sp³-hybridized carbons (Fsp3) is 1.00. The summed E-state index contributed by atoms with van der Waals surface area (Å²) in [7, 11) is 4.14. The maximum atomic E-state index is 13.6. The van der Waals surface area contributed by atoms with Gasteiger partial charge in [0.2, 0.25) is 0 Å². The minimum absolute atomic E-state index is 0.138. The van der Waals surface area contributed by atoms with Crippen LogP contribution in [-0.4, -0.2) is 69.0 Å². The Morgan fingerprint density at radius 2 is 1.70 bits per heavy atom.